The lowest BCUT2D eigenvalue weighted by molar-refractivity contribution is -0.137. The van der Waals surface area contributed by atoms with E-state index in [9.17, 15) is 18.0 Å². The van der Waals surface area contributed by atoms with Gasteiger partial charge in [0, 0.05) is 22.4 Å². The Hall–Kier alpha value is -0.210. The Kier molecular flexibility index (Phi) is 4.52. The molecule has 1 aromatic heterocycles. The van der Waals surface area contributed by atoms with Crippen molar-refractivity contribution in [3.05, 3.63) is 16.1 Å². The first-order valence-electron chi connectivity index (χ1n) is 5.63. The molecular formula is C11H12F3NOS3. The van der Waals surface area contributed by atoms with Crippen LogP contribution in [0.1, 0.15) is 28.5 Å². The third-order valence-corrected chi connectivity index (χ3v) is 7.28. The predicted octanol–water partition coefficient (Wildman–Crippen LogP) is 3.97. The highest BCUT2D eigenvalue weighted by Gasteiger charge is 2.37. The average Bonchev–Trinajstić information content (AvgIpc) is 2.81. The molecule has 0 amide bonds. The Morgan fingerprint density at radius 1 is 1.37 bits per heavy atom. The molecule has 0 spiro atoms. The van der Waals surface area contributed by atoms with Crippen LogP contribution in [0, 0.1) is 0 Å². The van der Waals surface area contributed by atoms with Gasteiger partial charge in [0.1, 0.15) is 0 Å². The third kappa shape index (κ3) is 3.46. The normalized spacial score (nSPS) is 28.4. The summed E-state index contributed by atoms with van der Waals surface area (Å²) in [7, 11) is 0. The monoisotopic (exact) mass is 327 g/mol. The number of hydrogen-bond donors (Lipinski definition) is 0. The van der Waals surface area contributed by atoms with E-state index in [2.05, 4.69) is 11.9 Å². The maximum Gasteiger partial charge on any atom is 0.443 e. The second-order valence-electron chi connectivity index (χ2n) is 4.26. The summed E-state index contributed by atoms with van der Waals surface area (Å²) in [5.74, 6) is 0.415. The van der Waals surface area contributed by atoms with Crippen LogP contribution >= 0.6 is 34.9 Å². The number of thioether (sulfide) groups is 2. The van der Waals surface area contributed by atoms with Crippen molar-refractivity contribution in [3.63, 3.8) is 0 Å². The number of rotatable bonds is 2. The van der Waals surface area contributed by atoms with Crippen molar-refractivity contribution in [2.45, 2.75) is 35.8 Å². The summed E-state index contributed by atoms with van der Waals surface area (Å²) in [4.78, 5) is 15.6. The van der Waals surface area contributed by atoms with Crippen LogP contribution in [0.25, 0.3) is 0 Å². The zero-order valence-corrected chi connectivity index (χ0v) is 12.7. The van der Waals surface area contributed by atoms with Crippen molar-refractivity contribution < 1.29 is 18.0 Å². The molecule has 1 saturated heterocycles. The van der Waals surface area contributed by atoms with E-state index in [1.165, 1.54) is 0 Å². The summed E-state index contributed by atoms with van der Waals surface area (Å²) in [5.41, 5.74) is 0. The molecule has 3 atom stereocenters. The van der Waals surface area contributed by atoms with Crippen LogP contribution in [0.5, 0.6) is 0 Å². The minimum Gasteiger partial charge on any atom is -0.292 e. The average molecular weight is 327 g/mol. The number of hydrogen-bond acceptors (Lipinski definition) is 5. The van der Waals surface area contributed by atoms with E-state index in [0.29, 0.717) is 27.6 Å². The molecule has 2 rings (SSSR count). The zero-order chi connectivity index (χ0) is 14.2. The molecule has 19 heavy (non-hydrogen) atoms. The van der Waals surface area contributed by atoms with Crippen molar-refractivity contribution >= 4 is 40.6 Å². The van der Waals surface area contributed by atoms with E-state index in [1.54, 1.807) is 23.5 Å². The first kappa shape index (κ1) is 15.2. The summed E-state index contributed by atoms with van der Waals surface area (Å²) in [5, 5.41) is -0.438. The molecule has 0 bridgehead atoms. The number of nitrogens with zero attached hydrogens (tertiary/aromatic N) is 1. The first-order chi connectivity index (χ1) is 8.79. The molecular weight excluding hydrogens is 315 g/mol. The highest BCUT2D eigenvalue weighted by atomic mass is 32.2. The van der Waals surface area contributed by atoms with Gasteiger partial charge in [-0.1, -0.05) is 13.8 Å². The quantitative estimate of drug-likeness (QED) is 0.769. The number of carbonyl (C=O) groups excluding carboxylic acids is 1. The minimum atomic E-state index is -4.47. The molecule has 1 aliphatic rings. The van der Waals surface area contributed by atoms with E-state index in [-0.39, 0.29) is 15.9 Å². The highest BCUT2D eigenvalue weighted by molar-refractivity contribution is 8.08. The van der Waals surface area contributed by atoms with Crippen molar-refractivity contribution in [2.75, 3.05) is 5.75 Å². The van der Waals surface area contributed by atoms with Gasteiger partial charge in [0.15, 0.2) is 10.8 Å². The van der Waals surface area contributed by atoms with Gasteiger partial charge in [-0.15, -0.1) is 23.1 Å². The molecule has 0 radical (unpaired) electrons. The molecule has 1 fully saturated rings. The van der Waals surface area contributed by atoms with E-state index in [0.717, 1.165) is 6.20 Å². The second kappa shape index (κ2) is 5.65. The number of aromatic nitrogens is 1. The Morgan fingerprint density at radius 2 is 2.05 bits per heavy atom. The van der Waals surface area contributed by atoms with E-state index < -0.39 is 11.2 Å². The fraction of sp³-hybridized carbons (Fsp3) is 0.636. The topological polar surface area (TPSA) is 30.0 Å². The minimum absolute atomic E-state index is 0.104. The Morgan fingerprint density at radius 3 is 2.58 bits per heavy atom. The summed E-state index contributed by atoms with van der Waals surface area (Å²) in [6.07, 6.45) is -3.43. The largest absolute Gasteiger partial charge is 0.443 e. The Balaban J connectivity index is 2.10. The third-order valence-electron chi connectivity index (χ3n) is 2.83. The number of halogens is 3. The van der Waals surface area contributed by atoms with Crippen LogP contribution in [-0.4, -0.2) is 32.3 Å². The maximum atomic E-state index is 12.4. The van der Waals surface area contributed by atoms with Gasteiger partial charge in [-0.3, -0.25) is 4.79 Å². The van der Waals surface area contributed by atoms with Gasteiger partial charge in [-0.2, -0.15) is 24.9 Å². The smallest absolute Gasteiger partial charge is 0.292 e. The zero-order valence-electron chi connectivity index (χ0n) is 10.2. The fourth-order valence-electron chi connectivity index (χ4n) is 1.60. The molecule has 8 heteroatoms. The molecule has 106 valence electrons. The van der Waals surface area contributed by atoms with Crippen LogP contribution in [-0.2, 0) is 6.18 Å². The lowest BCUT2D eigenvalue weighted by Crippen LogP contribution is -2.31. The van der Waals surface area contributed by atoms with Gasteiger partial charge in [-0.25, -0.2) is 4.98 Å². The molecule has 1 aliphatic heterocycles. The number of ketones is 1. The van der Waals surface area contributed by atoms with Crippen LogP contribution in [0.15, 0.2) is 6.20 Å². The molecule has 0 aromatic carbocycles. The summed E-state index contributed by atoms with van der Waals surface area (Å²) < 4.78 is 37.3. The van der Waals surface area contributed by atoms with Crippen LogP contribution in [0.4, 0.5) is 13.2 Å². The molecule has 2 heterocycles. The van der Waals surface area contributed by atoms with Crippen LogP contribution < -0.4 is 0 Å². The van der Waals surface area contributed by atoms with Gasteiger partial charge >= 0.3 is 6.18 Å². The Bertz CT molecular complexity index is 474. The maximum absolute atomic E-state index is 12.4. The standard InChI is InChI=1S/C11H12F3NOS3/c1-5-6(2)18-8(4-17-5)9(16)7-3-15-10(19-7)11(12,13)14/h3,5-6,8H,4H2,1-2H3. The molecule has 1 aromatic rings. The van der Waals surface area contributed by atoms with Crippen molar-refractivity contribution in [2.24, 2.45) is 0 Å². The number of thiazole rings is 1. The number of carbonyl (C=O) groups is 1. The SMILES string of the molecule is CC1SCC(C(=O)c2cnc(C(F)(F)F)s2)SC1C. The van der Waals surface area contributed by atoms with Gasteiger partial charge in [0.25, 0.3) is 0 Å². The molecule has 0 saturated carbocycles. The number of Topliss-reactive ketones (excluding diaryl/α,β-unsaturated/α-hetero) is 1. The van der Waals surface area contributed by atoms with Crippen molar-refractivity contribution in [3.8, 4) is 0 Å². The molecule has 0 aliphatic carbocycles. The fourth-order valence-corrected chi connectivity index (χ4v) is 5.32. The molecule has 2 nitrogen and oxygen atoms in total. The summed E-state index contributed by atoms with van der Waals surface area (Å²) >= 11 is 3.67. The predicted molar refractivity (Wildman–Crippen MR) is 74.2 cm³/mol. The highest BCUT2D eigenvalue weighted by Crippen LogP contribution is 2.39. The van der Waals surface area contributed by atoms with Crippen LogP contribution in [0.2, 0.25) is 0 Å². The van der Waals surface area contributed by atoms with Gasteiger partial charge in [0.2, 0.25) is 0 Å². The lowest BCUT2D eigenvalue weighted by Gasteiger charge is -2.29. The first-order valence-corrected chi connectivity index (χ1v) is 8.44. The Labute approximate surface area is 121 Å². The van der Waals surface area contributed by atoms with Crippen molar-refractivity contribution in [1.29, 1.82) is 0 Å². The van der Waals surface area contributed by atoms with Gasteiger partial charge in [-0.05, 0) is 0 Å². The van der Waals surface area contributed by atoms with Gasteiger partial charge in [0.05, 0.1) is 10.1 Å². The van der Waals surface area contributed by atoms with Crippen molar-refractivity contribution in [1.82, 2.24) is 4.98 Å². The molecule has 0 N–H and O–H groups in total. The molecule has 3 unspecified atom stereocenters. The van der Waals surface area contributed by atoms with E-state index in [4.69, 9.17) is 0 Å². The van der Waals surface area contributed by atoms with E-state index in [1.807, 2.05) is 6.92 Å². The van der Waals surface area contributed by atoms with Crippen LogP contribution in [0.3, 0.4) is 0 Å². The number of alkyl halides is 3. The van der Waals surface area contributed by atoms with E-state index >= 15 is 0 Å². The second-order valence-corrected chi connectivity index (χ2v) is 8.29. The summed E-state index contributed by atoms with van der Waals surface area (Å²) in [6, 6.07) is 0. The summed E-state index contributed by atoms with van der Waals surface area (Å²) in [6.45, 7) is 4.13. The lowest BCUT2D eigenvalue weighted by atomic mass is 10.3. The van der Waals surface area contributed by atoms with Gasteiger partial charge < -0.3 is 0 Å².